The van der Waals surface area contributed by atoms with Crippen molar-refractivity contribution in [1.82, 2.24) is 19.4 Å². The van der Waals surface area contributed by atoms with Gasteiger partial charge in [-0.15, -0.1) is 0 Å². The molecule has 3 heterocycles. The van der Waals surface area contributed by atoms with E-state index in [-0.39, 0.29) is 11.1 Å². The van der Waals surface area contributed by atoms with Crippen molar-refractivity contribution in [2.75, 3.05) is 24.7 Å². The van der Waals surface area contributed by atoms with Gasteiger partial charge in [-0.3, -0.25) is 24.0 Å². The Morgan fingerprint density at radius 3 is 2.46 bits per heavy atom. The van der Waals surface area contributed by atoms with Gasteiger partial charge in [0, 0.05) is 19.6 Å². The van der Waals surface area contributed by atoms with Gasteiger partial charge in [0.2, 0.25) is 5.95 Å². The van der Waals surface area contributed by atoms with Crippen LogP contribution in [0.15, 0.2) is 83.8 Å². The summed E-state index contributed by atoms with van der Waals surface area (Å²) in [6.07, 6.45) is 1.80. The first-order valence-electron chi connectivity index (χ1n) is 12.3. The molecule has 6 rings (SSSR count). The summed E-state index contributed by atoms with van der Waals surface area (Å²) in [5, 5.41) is -0.213. The van der Waals surface area contributed by atoms with Gasteiger partial charge in [0.05, 0.1) is 29.3 Å². The van der Waals surface area contributed by atoms with Crippen LogP contribution in [-0.4, -0.2) is 50.3 Å². The molecule has 2 aliphatic rings. The molecule has 1 aromatic heterocycles. The monoisotopic (exact) mass is 509 g/mol. The number of aryl methyl sites for hydroxylation is 1. The number of imidazole rings is 1. The maximum Gasteiger partial charge on any atom is 0.293 e. The molecule has 0 N–H and O–H groups in total. The number of aromatic nitrogens is 2. The minimum absolute atomic E-state index is 0.213. The molecule has 186 valence electrons. The van der Waals surface area contributed by atoms with Crippen molar-refractivity contribution in [3.8, 4) is 0 Å². The molecule has 0 spiro atoms. The summed E-state index contributed by atoms with van der Waals surface area (Å²) < 4.78 is 2.22. The van der Waals surface area contributed by atoms with Crippen molar-refractivity contribution in [2.45, 2.75) is 20.1 Å². The fraction of sp³-hybridized carbons (Fsp3) is 0.207. The highest BCUT2D eigenvalue weighted by atomic mass is 32.2. The molecule has 0 aliphatic carbocycles. The molecular formula is C29H27N5O2S. The molecule has 0 radical (unpaired) electrons. The van der Waals surface area contributed by atoms with Crippen LogP contribution in [0.2, 0.25) is 0 Å². The number of fused-ring (bicyclic) bond motifs is 3. The first kappa shape index (κ1) is 23.5. The van der Waals surface area contributed by atoms with E-state index in [0.29, 0.717) is 31.3 Å². The van der Waals surface area contributed by atoms with Crippen molar-refractivity contribution >= 4 is 46.0 Å². The maximum absolute atomic E-state index is 13.1. The Labute approximate surface area is 220 Å². The van der Waals surface area contributed by atoms with Crippen LogP contribution in [0, 0.1) is 6.92 Å². The molecule has 3 aromatic carbocycles. The fourth-order valence-corrected chi connectivity index (χ4v) is 5.67. The number of imide groups is 1. The van der Waals surface area contributed by atoms with E-state index in [2.05, 4.69) is 32.6 Å². The number of hydrogen-bond acceptors (Lipinski definition) is 6. The van der Waals surface area contributed by atoms with E-state index in [0.717, 1.165) is 46.4 Å². The normalized spacial score (nSPS) is 17.3. The van der Waals surface area contributed by atoms with Crippen LogP contribution in [-0.2, 0) is 18.0 Å². The highest BCUT2D eigenvalue weighted by molar-refractivity contribution is 8.18. The molecule has 2 aliphatic heterocycles. The van der Waals surface area contributed by atoms with Crippen LogP contribution in [0.5, 0.6) is 0 Å². The number of anilines is 1. The van der Waals surface area contributed by atoms with Gasteiger partial charge in [0.15, 0.2) is 0 Å². The third kappa shape index (κ3) is 4.77. The molecule has 7 nitrogen and oxygen atoms in total. The molecule has 0 bridgehead atoms. The summed E-state index contributed by atoms with van der Waals surface area (Å²) >= 11 is 1.02. The van der Waals surface area contributed by atoms with E-state index >= 15 is 0 Å². The quantitative estimate of drug-likeness (QED) is 0.328. The van der Waals surface area contributed by atoms with Crippen molar-refractivity contribution < 1.29 is 9.59 Å². The van der Waals surface area contributed by atoms with Gasteiger partial charge >= 0.3 is 0 Å². The van der Waals surface area contributed by atoms with Crippen LogP contribution >= 0.6 is 11.8 Å². The SMILES string of the molecule is Cc1ccc(/C=C2\SC(=O)N(CCN3CN(Cc4ccccc4)c4nc5ccccc5n4C3)C2=O)cc1. The molecule has 4 aromatic rings. The Balaban J connectivity index is 1.20. The molecule has 0 unspecified atom stereocenters. The standard InChI is InChI=1S/C29H27N5O2S/c1-21-11-13-22(14-12-21)17-26-27(35)33(29(36)37-26)16-15-31-19-32(18-23-7-3-2-4-8-23)28-30-24-9-5-6-10-25(24)34(28)20-31/h2-14,17H,15-16,18-20H2,1H3/b26-17-. The van der Waals surface area contributed by atoms with E-state index in [1.165, 1.54) is 10.5 Å². The summed E-state index contributed by atoms with van der Waals surface area (Å²) in [6, 6.07) is 26.4. The zero-order chi connectivity index (χ0) is 25.4. The molecule has 8 heteroatoms. The fourth-order valence-electron chi connectivity index (χ4n) is 4.81. The third-order valence-corrected chi connectivity index (χ3v) is 7.64. The minimum atomic E-state index is -0.220. The maximum atomic E-state index is 13.1. The van der Waals surface area contributed by atoms with Crippen LogP contribution < -0.4 is 4.90 Å². The van der Waals surface area contributed by atoms with Gasteiger partial charge in [-0.25, -0.2) is 4.98 Å². The van der Waals surface area contributed by atoms with Gasteiger partial charge in [-0.1, -0.05) is 72.3 Å². The van der Waals surface area contributed by atoms with Crippen molar-refractivity contribution in [3.05, 3.63) is 100 Å². The van der Waals surface area contributed by atoms with Crippen LogP contribution in [0.3, 0.4) is 0 Å². The highest BCUT2D eigenvalue weighted by Gasteiger charge is 2.35. The van der Waals surface area contributed by atoms with E-state index in [4.69, 9.17) is 4.98 Å². The first-order valence-corrected chi connectivity index (χ1v) is 13.2. The molecule has 2 amide bonds. The average Bonchev–Trinajstić information content (AvgIpc) is 3.41. The molecule has 1 fully saturated rings. The van der Waals surface area contributed by atoms with Crippen LogP contribution in [0.25, 0.3) is 17.1 Å². The van der Waals surface area contributed by atoms with Crippen molar-refractivity contribution in [1.29, 1.82) is 0 Å². The van der Waals surface area contributed by atoms with Crippen LogP contribution in [0.4, 0.5) is 10.7 Å². The van der Waals surface area contributed by atoms with Gasteiger partial charge in [0.25, 0.3) is 11.1 Å². The number of hydrogen-bond donors (Lipinski definition) is 0. The Bertz CT molecular complexity index is 1500. The number of carbonyl (C=O) groups excluding carboxylic acids is 2. The van der Waals surface area contributed by atoms with Crippen molar-refractivity contribution in [3.63, 3.8) is 0 Å². The Hall–Kier alpha value is -3.88. The summed E-state index contributed by atoms with van der Waals surface area (Å²) in [4.78, 5) is 37.1. The lowest BCUT2D eigenvalue weighted by molar-refractivity contribution is -0.122. The predicted molar refractivity (Wildman–Crippen MR) is 148 cm³/mol. The largest absolute Gasteiger partial charge is 0.325 e. The van der Waals surface area contributed by atoms with Crippen molar-refractivity contribution in [2.24, 2.45) is 0 Å². The molecule has 0 atom stereocenters. The molecule has 1 saturated heterocycles. The zero-order valence-electron chi connectivity index (χ0n) is 20.6. The number of rotatable bonds is 6. The van der Waals surface area contributed by atoms with Gasteiger partial charge < -0.3 is 4.90 Å². The molecule has 0 saturated carbocycles. The Kier molecular flexibility index (Phi) is 6.28. The third-order valence-electron chi connectivity index (χ3n) is 6.73. The number of para-hydroxylation sites is 2. The highest BCUT2D eigenvalue weighted by Crippen LogP contribution is 2.33. The predicted octanol–water partition coefficient (Wildman–Crippen LogP) is 5.32. The van der Waals surface area contributed by atoms with Gasteiger partial charge in [-0.2, -0.15) is 0 Å². The summed E-state index contributed by atoms with van der Waals surface area (Å²) in [5.41, 5.74) is 5.32. The lowest BCUT2D eigenvalue weighted by Gasteiger charge is -2.37. The lowest BCUT2D eigenvalue weighted by Crippen LogP contribution is -2.47. The molecule has 37 heavy (non-hydrogen) atoms. The zero-order valence-corrected chi connectivity index (χ0v) is 21.4. The smallest absolute Gasteiger partial charge is 0.293 e. The first-order chi connectivity index (χ1) is 18.0. The van der Waals surface area contributed by atoms with E-state index < -0.39 is 0 Å². The summed E-state index contributed by atoms with van der Waals surface area (Å²) in [7, 11) is 0. The van der Waals surface area contributed by atoms with E-state index in [1.54, 1.807) is 6.08 Å². The number of amides is 2. The second kappa shape index (κ2) is 9.88. The summed E-state index contributed by atoms with van der Waals surface area (Å²) in [5.74, 6) is 0.719. The second-order valence-electron chi connectivity index (χ2n) is 9.43. The number of nitrogens with zero attached hydrogens (tertiary/aromatic N) is 5. The van der Waals surface area contributed by atoms with Crippen LogP contribution in [0.1, 0.15) is 16.7 Å². The van der Waals surface area contributed by atoms with Gasteiger partial charge in [0.1, 0.15) is 0 Å². The number of thioether (sulfide) groups is 1. The second-order valence-corrected chi connectivity index (χ2v) is 10.4. The number of benzene rings is 3. The van der Waals surface area contributed by atoms with E-state index in [9.17, 15) is 9.59 Å². The Morgan fingerprint density at radius 1 is 0.892 bits per heavy atom. The summed E-state index contributed by atoms with van der Waals surface area (Å²) in [6.45, 7) is 4.98. The Morgan fingerprint density at radius 2 is 1.65 bits per heavy atom. The lowest BCUT2D eigenvalue weighted by atomic mass is 10.1. The minimum Gasteiger partial charge on any atom is -0.325 e. The van der Waals surface area contributed by atoms with E-state index in [1.807, 2.05) is 67.6 Å². The number of carbonyl (C=O) groups is 2. The topological polar surface area (TPSA) is 61.7 Å². The van der Waals surface area contributed by atoms with Gasteiger partial charge in [-0.05, 0) is 48.0 Å². The molecular weight excluding hydrogens is 482 g/mol. The average molecular weight is 510 g/mol.